The third-order valence-corrected chi connectivity index (χ3v) is 6.61. The molecule has 1 aromatic heterocycles. The number of rotatable bonds is 7. The molecule has 0 aliphatic rings. The van der Waals surface area contributed by atoms with Crippen molar-refractivity contribution >= 4 is 32.6 Å². The lowest BCUT2D eigenvalue weighted by Crippen LogP contribution is -2.18. The highest BCUT2D eigenvalue weighted by atomic mass is 32.2. The van der Waals surface area contributed by atoms with Crippen LogP contribution < -0.4 is 0 Å². The molecule has 122 valence electrons. The van der Waals surface area contributed by atoms with Crippen molar-refractivity contribution in [3.05, 3.63) is 24.3 Å². The molecule has 0 aliphatic carbocycles. The molecule has 8 heteroatoms. The highest BCUT2D eigenvalue weighted by Crippen LogP contribution is 2.29. The van der Waals surface area contributed by atoms with Crippen molar-refractivity contribution < 1.29 is 17.2 Å². The maximum absolute atomic E-state index is 13.2. The Hall–Kier alpha value is -1.15. The summed E-state index contributed by atoms with van der Waals surface area (Å²) in [6, 6.07) is 6.71. The number of benzene rings is 1. The van der Waals surface area contributed by atoms with E-state index in [4.69, 9.17) is 0 Å². The largest absolute Gasteiger partial charge is 0.321 e. The molecule has 0 unspecified atom stereocenters. The van der Waals surface area contributed by atoms with Crippen molar-refractivity contribution in [1.29, 1.82) is 0 Å². The standard InChI is InChI=1S/C14H18F2N2O2S2/c1-10(2)22(19,20)9-5-8-21-14-17-11-6-3-4-7-12(11)18(14)13(15)16/h3-4,6-7,10,13H,5,8-9H2,1-2H3. The molecule has 0 atom stereocenters. The number of nitrogens with zero attached hydrogens (tertiary/aromatic N) is 2. The molecule has 1 heterocycles. The van der Waals surface area contributed by atoms with Crippen molar-refractivity contribution in [3.8, 4) is 0 Å². The highest BCUT2D eigenvalue weighted by molar-refractivity contribution is 7.99. The molecule has 0 bridgehead atoms. The molecule has 4 nitrogen and oxygen atoms in total. The number of halogens is 2. The number of aromatic nitrogens is 2. The molecule has 22 heavy (non-hydrogen) atoms. The van der Waals surface area contributed by atoms with Crippen LogP contribution in [0.15, 0.2) is 29.4 Å². The van der Waals surface area contributed by atoms with E-state index in [-0.39, 0.29) is 10.9 Å². The summed E-state index contributed by atoms with van der Waals surface area (Å²) in [5.74, 6) is 0.495. The summed E-state index contributed by atoms with van der Waals surface area (Å²) in [6.45, 7) is 0.603. The maximum Gasteiger partial charge on any atom is 0.321 e. The van der Waals surface area contributed by atoms with Crippen LogP contribution in [0.2, 0.25) is 0 Å². The first-order valence-electron chi connectivity index (χ1n) is 6.92. The number of para-hydroxylation sites is 2. The van der Waals surface area contributed by atoms with Gasteiger partial charge in [-0.05, 0) is 32.4 Å². The van der Waals surface area contributed by atoms with E-state index in [2.05, 4.69) is 4.98 Å². The zero-order valence-corrected chi connectivity index (χ0v) is 14.0. The number of hydrogen-bond acceptors (Lipinski definition) is 4. The maximum atomic E-state index is 13.2. The Morgan fingerprint density at radius 2 is 1.95 bits per heavy atom. The van der Waals surface area contributed by atoms with E-state index in [0.29, 0.717) is 23.2 Å². The number of thioether (sulfide) groups is 1. The van der Waals surface area contributed by atoms with Crippen LogP contribution in [-0.2, 0) is 9.84 Å². The Kier molecular flexibility index (Phi) is 5.44. The van der Waals surface area contributed by atoms with Crippen LogP contribution in [0.4, 0.5) is 8.78 Å². The van der Waals surface area contributed by atoms with E-state index in [1.54, 1.807) is 38.1 Å². The van der Waals surface area contributed by atoms with E-state index in [0.717, 1.165) is 16.3 Å². The lowest BCUT2D eigenvalue weighted by molar-refractivity contribution is 0.0656. The normalized spacial score (nSPS) is 12.6. The van der Waals surface area contributed by atoms with Gasteiger partial charge in [0.15, 0.2) is 15.0 Å². The summed E-state index contributed by atoms with van der Waals surface area (Å²) in [5.41, 5.74) is 0.898. The molecule has 1 aromatic carbocycles. The summed E-state index contributed by atoms with van der Waals surface area (Å²) in [4.78, 5) is 4.20. The molecule has 0 saturated heterocycles. The lowest BCUT2D eigenvalue weighted by Gasteiger charge is -2.08. The van der Waals surface area contributed by atoms with Crippen molar-refractivity contribution in [2.45, 2.75) is 37.2 Å². The van der Waals surface area contributed by atoms with Crippen LogP contribution in [0.3, 0.4) is 0 Å². The summed E-state index contributed by atoms with van der Waals surface area (Å²) in [5, 5.41) is -0.193. The zero-order valence-electron chi connectivity index (χ0n) is 12.4. The van der Waals surface area contributed by atoms with Gasteiger partial charge in [0.25, 0.3) is 0 Å². The van der Waals surface area contributed by atoms with Crippen LogP contribution in [0.5, 0.6) is 0 Å². The molecule has 0 N–H and O–H groups in total. The summed E-state index contributed by atoms with van der Waals surface area (Å²) in [7, 11) is -3.09. The van der Waals surface area contributed by atoms with Gasteiger partial charge in [-0.1, -0.05) is 23.9 Å². The second-order valence-corrected chi connectivity index (χ2v) is 8.89. The Morgan fingerprint density at radius 3 is 2.59 bits per heavy atom. The van der Waals surface area contributed by atoms with Crippen LogP contribution in [0.25, 0.3) is 11.0 Å². The first kappa shape index (κ1) is 17.2. The third kappa shape index (κ3) is 3.78. The molecule has 2 aromatic rings. The molecule has 0 spiro atoms. The first-order chi connectivity index (χ1) is 10.3. The minimum atomic E-state index is -3.09. The van der Waals surface area contributed by atoms with Crippen molar-refractivity contribution in [1.82, 2.24) is 9.55 Å². The van der Waals surface area contributed by atoms with Gasteiger partial charge in [0, 0.05) is 5.75 Å². The fraction of sp³-hybridized carbons (Fsp3) is 0.500. The quantitative estimate of drug-likeness (QED) is 0.565. The average Bonchev–Trinajstić information content (AvgIpc) is 2.81. The number of alkyl halides is 2. The van der Waals surface area contributed by atoms with Gasteiger partial charge in [-0.3, -0.25) is 4.57 Å². The number of imidazole rings is 1. The van der Waals surface area contributed by atoms with Gasteiger partial charge >= 0.3 is 6.55 Å². The second kappa shape index (κ2) is 6.95. The highest BCUT2D eigenvalue weighted by Gasteiger charge is 2.19. The number of sulfone groups is 1. The first-order valence-corrected chi connectivity index (χ1v) is 9.62. The Balaban J connectivity index is 2.07. The monoisotopic (exact) mass is 348 g/mol. The minimum absolute atomic E-state index is 0.0621. The van der Waals surface area contributed by atoms with Gasteiger partial charge < -0.3 is 0 Å². The fourth-order valence-electron chi connectivity index (χ4n) is 1.97. The summed E-state index contributed by atoms with van der Waals surface area (Å²) in [6.07, 6.45) is 0.414. The number of fused-ring (bicyclic) bond motifs is 1. The van der Waals surface area contributed by atoms with Gasteiger partial charge in [0.05, 0.1) is 22.0 Å². The SMILES string of the molecule is CC(C)S(=O)(=O)CCCSc1nc2ccccc2n1C(F)F. The Morgan fingerprint density at radius 1 is 1.27 bits per heavy atom. The summed E-state index contributed by atoms with van der Waals surface area (Å²) >= 11 is 1.16. The molecule has 0 saturated carbocycles. The Labute approximate surface area is 132 Å². The molecular formula is C14H18F2N2O2S2. The van der Waals surface area contributed by atoms with E-state index in [1.165, 1.54) is 0 Å². The predicted molar refractivity (Wildman–Crippen MR) is 85.2 cm³/mol. The number of hydrogen-bond donors (Lipinski definition) is 0. The molecule has 2 rings (SSSR count). The van der Waals surface area contributed by atoms with Crippen LogP contribution in [-0.4, -0.2) is 34.7 Å². The van der Waals surface area contributed by atoms with E-state index < -0.39 is 21.6 Å². The van der Waals surface area contributed by atoms with E-state index in [1.807, 2.05) is 0 Å². The average molecular weight is 348 g/mol. The van der Waals surface area contributed by atoms with Crippen LogP contribution >= 0.6 is 11.8 Å². The summed E-state index contributed by atoms with van der Waals surface area (Å²) < 4.78 is 50.7. The smallest absolute Gasteiger partial charge is 0.261 e. The van der Waals surface area contributed by atoms with Crippen LogP contribution in [0.1, 0.15) is 26.8 Å². The minimum Gasteiger partial charge on any atom is -0.261 e. The van der Waals surface area contributed by atoms with E-state index in [9.17, 15) is 17.2 Å². The molecule has 0 radical (unpaired) electrons. The van der Waals surface area contributed by atoms with Crippen LogP contribution in [0, 0.1) is 0 Å². The van der Waals surface area contributed by atoms with Crippen molar-refractivity contribution in [2.75, 3.05) is 11.5 Å². The molecule has 0 aliphatic heterocycles. The zero-order chi connectivity index (χ0) is 16.3. The van der Waals surface area contributed by atoms with Gasteiger partial charge in [0.2, 0.25) is 0 Å². The topological polar surface area (TPSA) is 52.0 Å². The van der Waals surface area contributed by atoms with Gasteiger partial charge in [-0.15, -0.1) is 0 Å². The predicted octanol–water partition coefficient (Wildman–Crippen LogP) is 3.74. The van der Waals surface area contributed by atoms with Gasteiger partial charge in [-0.25, -0.2) is 13.4 Å². The van der Waals surface area contributed by atoms with Gasteiger partial charge in [-0.2, -0.15) is 8.78 Å². The van der Waals surface area contributed by atoms with Crippen molar-refractivity contribution in [2.24, 2.45) is 0 Å². The van der Waals surface area contributed by atoms with Crippen molar-refractivity contribution in [3.63, 3.8) is 0 Å². The lowest BCUT2D eigenvalue weighted by atomic mass is 10.3. The Bertz CT molecular complexity index is 742. The molecule has 0 fully saturated rings. The molecular weight excluding hydrogens is 330 g/mol. The fourth-order valence-corrected chi connectivity index (χ4v) is 4.12. The van der Waals surface area contributed by atoms with E-state index >= 15 is 0 Å². The third-order valence-electron chi connectivity index (χ3n) is 3.28. The van der Waals surface area contributed by atoms with Gasteiger partial charge in [0.1, 0.15) is 0 Å². The second-order valence-electron chi connectivity index (χ2n) is 5.15. The molecule has 0 amide bonds.